The summed E-state index contributed by atoms with van der Waals surface area (Å²) in [5.74, 6) is 0.178. The van der Waals surface area contributed by atoms with Crippen LogP contribution in [0.5, 0.6) is 0 Å². The fraction of sp³-hybridized carbons (Fsp3) is 0.421. The van der Waals surface area contributed by atoms with Crippen molar-refractivity contribution in [3.8, 4) is 0 Å². The molecule has 0 bridgehead atoms. The second-order valence-corrected chi connectivity index (χ2v) is 7.82. The number of anilines is 1. The first-order valence-corrected chi connectivity index (χ1v) is 10.0. The summed E-state index contributed by atoms with van der Waals surface area (Å²) in [5.41, 5.74) is 6.71. The van der Waals surface area contributed by atoms with E-state index in [4.69, 9.17) is 10.5 Å². The second-order valence-electron chi connectivity index (χ2n) is 6.60. The smallest absolute Gasteiger partial charge is 0.409 e. The lowest BCUT2D eigenvalue weighted by Crippen LogP contribution is -2.50. The molecule has 0 aliphatic carbocycles. The number of carbonyl (C=O) groups excluding carboxylic acids is 1. The molecule has 1 aliphatic heterocycles. The SMILES string of the molecule is CCOC(=O)N1CC[C@H](NS(=O)c2ccc(N)c3ccccc23)C(C)C1. The highest BCUT2D eigenvalue weighted by atomic mass is 32.2. The molecule has 0 aromatic heterocycles. The number of ether oxygens (including phenoxy) is 1. The van der Waals surface area contributed by atoms with Crippen molar-refractivity contribution in [1.29, 1.82) is 0 Å². The van der Waals surface area contributed by atoms with E-state index in [-0.39, 0.29) is 18.1 Å². The van der Waals surface area contributed by atoms with Gasteiger partial charge in [-0.2, -0.15) is 0 Å². The maximum atomic E-state index is 13.0. The van der Waals surface area contributed by atoms with E-state index in [0.29, 0.717) is 25.4 Å². The number of nitrogen functional groups attached to an aromatic ring is 1. The molecule has 2 aromatic carbocycles. The Balaban J connectivity index is 1.72. The highest BCUT2D eigenvalue weighted by Crippen LogP contribution is 2.27. The Morgan fingerprint density at radius 2 is 2.04 bits per heavy atom. The van der Waals surface area contributed by atoms with Crippen molar-refractivity contribution < 1.29 is 13.7 Å². The number of piperidine rings is 1. The lowest BCUT2D eigenvalue weighted by molar-refractivity contribution is 0.0848. The van der Waals surface area contributed by atoms with Crippen LogP contribution in [0.1, 0.15) is 20.3 Å². The van der Waals surface area contributed by atoms with Crippen LogP contribution in [0.2, 0.25) is 0 Å². The van der Waals surface area contributed by atoms with Gasteiger partial charge in [0.25, 0.3) is 0 Å². The third kappa shape index (κ3) is 3.83. The van der Waals surface area contributed by atoms with Crippen LogP contribution in [0.4, 0.5) is 10.5 Å². The van der Waals surface area contributed by atoms with Crippen LogP contribution in [0, 0.1) is 5.92 Å². The van der Waals surface area contributed by atoms with E-state index in [0.717, 1.165) is 22.1 Å². The molecule has 1 aliphatic rings. The van der Waals surface area contributed by atoms with E-state index in [1.165, 1.54) is 0 Å². The minimum atomic E-state index is -1.35. The van der Waals surface area contributed by atoms with E-state index in [2.05, 4.69) is 11.6 Å². The molecule has 7 heteroatoms. The predicted octanol–water partition coefficient (Wildman–Crippen LogP) is 2.90. The lowest BCUT2D eigenvalue weighted by Gasteiger charge is -2.36. The zero-order valence-electron chi connectivity index (χ0n) is 15.1. The van der Waals surface area contributed by atoms with Gasteiger partial charge in [-0.3, -0.25) is 0 Å². The molecule has 140 valence electrons. The summed E-state index contributed by atoms with van der Waals surface area (Å²) in [7, 11) is -1.35. The van der Waals surface area contributed by atoms with Crippen LogP contribution >= 0.6 is 0 Å². The monoisotopic (exact) mass is 375 g/mol. The van der Waals surface area contributed by atoms with E-state index in [1.54, 1.807) is 17.9 Å². The molecule has 3 rings (SSSR count). The van der Waals surface area contributed by atoms with Crippen LogP contribution in [0.25, 0.3) is 10.8 Å². The topological polar surface area (TPSA) is 84.7 Å². The van der Waals surface area contributed by atoms with Crippen molar-refractivity contribution in [3.63, 3.8) is 0 Å². The second kappa shape index (κ2) is 8.05. The normalized spacial score (nSPS) is 21.5. The number of benzene rings is 2. The number of fused-ring (bicyclic) bond motifs is 1. The molecule has 3 N–H and O–H groups in total. The number of hydrogen-bond acceptors (Lipinski definition) is 4. The maximum Gasteiger partial charge on any atom is 0.409 e. The molecule has 0 spiro atoms. The fourth-order valence-electron chi connectivity index (χ4n) is 3.36. The molecule has 1 saturated heterocycles. The molecule has 2 aromatic rings. The Bertz CT molecular complexity index is 827. The summed E-state index contributed by atoms with van der Waals surface area (Å²) in [6, 6.07) is 11.4. The van der Waals surface area contributed by atoms with Gasteiger partial charge in [-0.05, 0) is 31.4 Å². The molecule has 2 unspecified atom stereocenters. The third-order valence-corrected chi connectivity index (χ3v) is 6.08. The van der Waals surface area contributed by atoms with Gasteiger partial charge in [-0.1, -0.05) is 31.2 Å². The third-order valence-electron chi connectivity index (χ3n) is 4.81. The van der Waals surface area contributed by atoms with E-state index in [9.17, 15) is 9.00 Å². The van der Waals surface area contributed by atoms with Gasteiger partial charge in [-0.15, -0.1) is 0 Å². The lowest BCUT2D eigenvalue weighted by atomic mass is 9.95. The van der Waals surface area contributed by atoms with Gasteiger partial charge in [0.1, 0.15) is 11.0 Å². The van der Waals surface area contributed by atoms with Crippen molar-refractivity contribution in [2.45, 2.75) is 31.2 Å². The number of carbonyl (C=O) groups is 1. The average molecular weight is 375 g/mol. The van der Waals surface area contributed by atoms with Gasteiger partial charge in [0.05, 0.1) is 11.5 Å². The van der Waals surface area contributed by atoms with Crippen molar-refractivity contribution in [1.82, 2.24) is 9.62 Å². The summed E-state index contributed by atoms with van der Waals surface area (Å²) >= 11 is 0. The van der Waals surface area contributed by atoms with Gasteiger partial charge >= 0.3 is 6.09 Å². The summed E-state index contributed by atoms with van der Waals surface area (Å²) in [6.45, 7) is 5.42. The molecule has 26 heavy (non-hydrogen) atoms. The van der Waals surface area contributed by atoms with Crippen molar-refractivity contribution >= 4 is 33.5 Å². The Kier molecular flexibility index (Phi) is 5.78. The van der Waals surface area contributed by atoms with Crippen LogP contribution in [0.3, 0.4) is 0 Å². The molecular weight excluding hydrogens is 350 g/mol. The number of nitrogens with two attached hydrogens (primary N) is 1. The Labute approximate surface area is 156 Å². The number of likely N-dealkylation sites (tertiary alicyclic amines) is 1. The average Bonchev–Trinajstić information content (AvgIpc) is 2.64. The molecule has 3 atom stereocenters. The first-order valence-electron chi connectivity index (χ1n) is 8.88. The molecule has 0 radical (unpaired) electrons. The number of rotatable bonds is 4. The molecule has 0 saturated carbocycles. The zero-order chi connectivity index (χ0) is 18.7. The summed E-state index contributed by atoms with van der Waals surface area (Å²) in [5, 5.41) is 1.81. The van der Waals surface area contributed by atoms with Crippen LogP contribution in [-0.4, -0.2) is 40.9 Å². The van der Waals surface area contributed by atoms with E-state index in [1.807, 2.05) is 30.3 Å². The van der Waals surface area contributed by atoms with E-state index >= 15 is 0 Å². The number of nitrogens with zero attached hydrogens (tertiary/aromatic N) is 1. The van der Waals surface area contributed by atoms with Crippen molar-refractivity contribution in [3.05, 3.63) is 36.4 Å². The fourth-order valence-corrected chi connectivity index (χ4v) is 4.68. The molecular formula is C19H25N3O3S. The zero-order valence-corrected chi connectivity index (χ0v) is 15.9. The van der Waals surface area contributed by atoms with Gasteiger partial charge in [0.2, 0.25) is 0 Å². The van der Waals surface area contributed by atoms with Gasteiger partial charge < -0.3 is 15.4 Å². The predicted molar refractivity (Wildman–Crippen MR) is 104 cm³/mol. The van der Waals surface area contributed by atoms with Crippen LogP contribution in [0.15, 0.2) is 41.3 Å². The largest absolute Gasteiger partial charge is 0.450 e. The van der Waals surface area contributed by atoms with Crippen LogP contribution in [-0.2, 0) is 15.7 Å². The summed E-state index contributed by atoms with van der Waals surface area (Å²) in [6.07, 6.45) is 0.460. The Morgan fingerprint density at radius 1 is 1.31 bits per heavy atom. The molecule has 1 amide bonds. The number of hydrogen-bond donors (Lipinski definition) is 2. The first kappa shape index (κ1) is 18.7. The molecule has 1 heterocycles. The standard InChI is InChI=1S/C19H25N3O3S/c1-3-25-19(23)22-11-10-17(13(2)12-22)21-26(24)18-9-8-16(20)14-6-4-5-7-15(14)18/h4-9,13,17,21H,3,10-12,20H2,1-2H3/t13?,17-,26?/m0/s1. The highest BCUT2D eigenvalue weighted by molar-refractivity contribution is 7.83. The Hall–Kier alpha value is -2.12. The minimum absolute atomic E-state index is 0.0674. The number of nitrogens with one attached hydrogen (secondary N) is 1. The molecule has 6 nitrogen and oxygen atoms in total. The highest BCUT2D eigenvalue weighted by Gasteiger charge is 2.30. The number of amides is 1. The minimum Gasteiger partial charge on any atom is -0.450 e. The Morgan fingerprint density at radius 3 is 2.73 bits per heavy atom. The van der Waals surface area contributed by atoms with Gasteiger partial charge in [0.15, 0.2) is 0 Å². The van der Waals surface area contributed by atoms with Crippen molar-refractivity contribution in [2.75, 3.05) is 25.4 Å². The van der Waals surface area contributed by atoms with E-state index < -0.39 is 11.0 Å². The van der Waals surface area contributed by atoms with Gasteiger partial charge in [0, 0.05) is 35.6 Å². The van der Waals surface area contributed by atoms with Crippen LogP contribution < -0.4 is 10.5 Å². The maximum absolute atomic E-state index is 13.0. The van der Waals surface area contributed by atoms with Gasteiger partial charge in [-0.25, -0.2) is 13.7 Å². The molecule has 1 fully saturated rings. The quantitative estimate of drug-likeness (QED) is 0.805. The summed E-state index contributed by atoms with van der Waals surface area (Å²) in [4.78, 5) is 14.3. The van der Waals surface area contributed by atoms with Crippen molar-refractivity contribution in [2.24, 2.45) is 5.92 Å². The summed E-state index contributed by atoms with van der Waals surface area (Å²) < 4.78 is 21.3. The first-order chi connectivity index (χ1) is 12.5.